The molecule has 1 aromatic carbocycles. The fourth-order valence-electron chi connectivity index (χ4n) is 3.15. The van der Waals surface area contributed by atoms with E-state index in [0.29, 0.717) is 11.6 Å². The van der Waals surface area contributed by atoms with E-state index in [1.54, 1.807) is 24.4 Å². The van der Waals surface area contributed by atoms with Crippen LogP contribution in [0.4, 0.5) is 5.69 Å². The summed E-state index contributed by atoms with van der Waals surface area (Å²) in [6, 6.07) is 14.4. The number of furan rings is 1. The molecule has 0 bridgehead atoms. The predicted molar refractivity (Wildman–Crippen MR) is 108 cm³/mol. The Morgan fingerprint density at radius 2 is 2.00 bits per heavy atom. The summed E-state index contributed by atoms with van der Waals surface area (Å²) in [6.07, 6.45) is 5.10. The van der Waals surface area contributed by atoms with Crippen LogP contribution in [0.25, 0.3) is 0 Å². The van der Waals surface area contributed by atoms with E-state index in [1.807, 2.05) is 30.3 Å². The lowest BCUT2D eigenvalue weighted by Gasteiger charge is -2.34. The van der Waals surface area contributed by atoms with Crippen molar-refractivity contribution in [2.45, 2.75) is 18.9 Å². The molecule has 144 valence electrons. The Morgan fingerprint density at radius 1 is 1.14 bits per heavy atom. The summed E-state index contributed by atoms with van der Waals surface area (Å²) in [7, 11) is 0. The zero-order chi connectivity index (χ0) is 19.3. The van der Waals surface area contributed by atoms with Gasteiger partial charge in [0.15, 0.2) is 0 Å². The van der Waals surface area contributed by atoms with Crippen molar-refractivity contribution >= 4 is 27.6 Å². The molecule has 2 aromatic heterocycles. The number of nitrogens with zero attached hydrogens (tertiary/aromatic N) is 2. The van der Waals surface area contributed by atoms with Gasteiger partial charge in [0.25, 0.3) is 0 Å². The number of pyridine rings is 1. The highest BCUT2D eigenvalue weighted by Gasteiger charge is 2.23. The maximum Gasteiger partial charge on any atom is 0.379 e. The van der Waals surface area contributed by atoms with Crippen LogP contribution in [0.2, 0.25) is 0 Å². The maximum absolute atomic E-state index is 12.1. The molecule has 0 radical (unpaired) electrons. The number of anilines is 1. The fourth-order valence-corrected chi connectivity index (χ4v) is 3.65. The number of hydrogen-bond acceptors (Lipinski definition) is 6. The summed E-state index contributed by atoms with van der Waals surface area (Å²) in [5, 5.41) is 0. The lowest BCUT2D eigenvalue weighted by molar-refractivity contribution is 0.0701. The Hall–Kier alpha value is -2.80. The lowest BCUT2D eigenvalue weighted by atomic mass is 10.1. The third-order valence-corrected chi connectivity index (χ3v) is 5.23. The van der Waals surface area contributed by atoms with Crippen LogP contribution >= 0.6 is 15.9 Å². The number of ether oxygens (including phenoxy) is 2. The summed E-state index contributed by atoms with van der Waals surface area (Å²) in [5.74, 6) is 0.804. The average molecular weight is 443 g/mol. The Labute approximate surface area is 171 Å². The van der Waals surface area contributed by atoms with Gasteiger partial charge in [0.2, 0.25) is 11.6 Å². The molecule has 0 spiro atoms. The first kappa shape index (κ1) is 18.6. The van der Waals surface area contributed by atoms with E-state index in [0.717, 1.165) is 36.1 Å². The summed E-state index contributed by atoms with van der Waals surface area (Å²) >= 11 is 3.60. The van der Waals surface area contributed by atoms with Crippen molar-refractivity contribution in [2.24, 2.45) is 0 Å². The van der Waals surface area contributed by atoms with Crippen molar-refractivity contribution in [1.82, 2.24) is 4.98 Å². The smallest absolute Gasteiger partial charge is 0.379 e. The van der Waals surface area contributed by atoms with Crippen LogP contribution in [0.15, 0.2) is 69.9 Å². The van der Waals surface area contributed by atoms with Crippen molar-refractivity contribution in [3.63, 3.8) is 0 Å². The first-order chi connectivity index (χ1) is 13.7. The molecular formula is C21H19BrN2O4. The number of benzene rings is 1. The normalized spacial score (nSPS) is 14.7. The molecule has 6 nitrogen and oxygen atoms in total. The largest absolute Gasteiger partial charge is 0.474 e. The van der Waals surface area contributed by atoms with Crippen molar-refractivity contribution in [2.75, 3.05) is 18.0 Å². The van der Waals surface area contributed by atoms with Crippen LogP contribution in [0.5, 0.6) is 11.6 Å². The molecule has 0 amide bonds. The molecule has 0 saturated carbocycles. The van der Waals surface area contributed by atoms with Crippen molar-refractivity contribution in [3.8, 4) is 11.6 Å². The average Bonchev–Trinajstić information content (AvgIpc) is 3.26. The Bertz CT molecular complexity index is 923. The molecule has 0 aliphatic carbocycles. The number of carbonyl (C=O) groups is 1. The number of carbonyl (C=O) groups excluding carboxylic acids is 1. The molecule has 7 heteroatoms. The number of piperidine rings is 1. The van der Waals surface area contributed by atoms with E-state index in [-0.39, 0.29) is 11.9 Å². The fraction of sp³-hybridized carbons (Fsp3) is 0.238. The van der Waals surface area contributed by atoms with Crippen molar-refractivity contribution in [1.29, 1.82) is 0 Å². The third-order valence-electron chi connectivity index (χ3n) is 4.56. The highest BCUT2D eigenvalue weighted by molar-refractivity contribution is 9.10. The van der Waals surface area contributed by atoms with Gasteiger partial charge in [-0.25, -0.2) is 9.78 Å². The van der Waals surface area contributed by atoms with Crippen molar-refractivity contribution < 1.29 is 18.7 Å². The Kier molecular flexibility index (Phi) is 5.62. The summed E-state index contributed by atoms with van der Waals surface area (Å²) in [4.78, 5) is 18.6. The van der Waals surface area contributed by atoms with Gasteiger partial charge in [-0.1, -0.05) is 6.07 Å². The summed E-state index contributed by atoms with van der Waals surface area (Å²) in [6.45, 7) is 1.68. The third kappa shape index (κ3) is 4.36. The standard InChI is InChI=1S/C21H19BrN2O4/c22-17-7-6-16(28-21(25)19-4-3-13-26-19)14-18(17)24-11-8-15(9-12-24)27-20-5-1-2-10-23-20/h1-7,10,13-15H,8-9,11-12H2. The molecule has 4 rings (SSSR count). The van der Waals surface area contributed by atoms with Gasteiger partial charge in [-0.15, -0.1) is 0 Å². The topological polar surface area (TPSA) is 64.8 Å². The van der Waals surface area contributed by atoms with Gasteiger partial charge in [-0.05, 0) is 46.3 Å². The molecule has 3 aromatic rings. The lowest BCUT2D eigenvalue weighted by Crippen LogP contribution is -2.38. The second-order valence-electron chi connectivity index (χ2n) is 6.45. The zero-order valence-corrected chi connectivity index (χ0v) is 16.7. The van der Waals surface area contributed by atoms with Crippen LogP contribution in [-0.2, 0) is 0 Å². The predicted octanol–water partition coefficient (Wildman–Crippen LogP) is 4.70. The van der Waals surface area contributed by atoms with E-state index in [9.17, 15) is 4.79 Å². The number of rotatable bonds is 5. The van der Waals surface area contributed by atoms with Gasteiger partial charge in [0, 0.05) is 48.7 Å². The number of esters is 1. The molecule has 0 N–H and O–H groups in total. The molecule has 28 heavy (non-hydrogen) atoms. The minimum atomic E-state index is -0.513. The molecule has 1 aliphatic heterocycles. The summed E-state index contributed by atoms with van der Waals surface area (Å²) < 4.78 is 17.4. The van der Waals surface area contributed by atoms with Crippen molar-refractivity contribution in [3.05, 3.63) is 71.2 Å². The number of hydrogen-bond donors (Lipinski definition) is 0. The number of halogens is 1. The first-order valence-corrected chi connectivity index (χ1v) is 9.86. The molecule has 1 saturated heterocycles. The quantitative estimate of drug-likeness (QED) is 0.421. The van der Waals surface area contributed by atoms with Gasteiger partial charge in [-0.2, -0.15) is 0 Å². The summed E-state index contributed by atoms with van der Waals surface area (Å²) in [5.41, 5.74) is 0.987. The van der Waals surface area contributed by atoms with Crippen LogP contribution in [0.3, 0.4) is 0 Å². The second-order valence-corrected chi connectivity index (χ2v) is 7.31. The minimum absolute atomic E-state index is 0.143. The molecular weight excluding hydrogens is 424 g/mol. The van der Waals surface area contributed by atoms with Gasteiger partial charge in [0.1, 0.15) is 11.9 Å². The molecule has 0 atom stereocenters. The zero-order valence-electron chi connectivity index (χ0n) is 15.1. The molecule has 0 unspecified atom stereocenters. The van der Waals surface area contributed by atoms with Crippen LogP contribution in [0.1, 0.15) is 23.4 Å². The Balaban J connectivity index is 1.40. The van der Waals surface area contributed by atoms with E-state index >= 15 is 0 Å². The minimum Gasteiger partial charge on any atom is -0.474 e. The van der Waals surface area contributed by atoms with Crippen LogP contribution in [0, 0.1) is 0 Å². The Morgan fingerprint density at radius 3 is 2.71 bits per heavy atom. The maximum atomic E-state index is 12.1. The highest BCUT2D eigenvalue weighted by Crippen LogP contribution is 2.33. The SMILES string of the molecule is O=C(Oc1ccc(Br)c(N2CCC(Oc3ccccn3)CC2)c1)c1ccco1. The van der Waals surface area contributed by atoms with E-state index in [4.69, 9.17) is 13.9 Å². The van der Waals surface area contributed by atoms with Gasteiger partial charge in [-0.3, -0.25) is 0 Å². The van der Waals surface area contributed by atoms with Gasteiger partial charge in [0.05, 0.1) is 12.0 Å². The first-order valence-electron chi connectivity index (χ1n) is 9.07. The van der Waals surface area contributed by atoms with Crippen LogP contribution < -0.4 is 14.4 Å². The highest BCUT2D eigenvalue weighted by atomic mass is 79.9. The van der Waals surface area contributed by atoms with E-state index in [1.165, 1.54) is 6.26 Å². The second kappa shape index (κ2) is 8.48. The molecule has 3 heterocycles. The monoisotopic (exact) mass is 442 g/mol. The molecule has 1 fully saturated rings. The van der Waals surface area contributed by atoms with Gasteiger partial charge >= 0.3 is 5.97 Å². The van der Waals surface area contributed by atoms with Crippen LogP contribution in [-0.4, -0.2) is 30.1 Å². The van der Waals surface area contributed by atoms with E-state index in [2.05, 4.69) is 25.8 Å². The van der Waals surface area contributed by atoms with Gasteiger partial charge < -0.3 is 18.8 Å². The van der Waals surface area contributed by atoms with E-state index < -0.39 is 5.97 Å². The molecule has 1 aliphatic rings. The number of aromatic nitrogens is 1.